The van der Waals surface area contributed by atoms with Crippen molar-refractivity contribution >= 4 is 11.7 Å². The number of hydrogen-bond acceptors (Lipinski definition) is 2. The molecule has 2 aromatic rings. The smallest absolute Gasteiger partial charge is 0.342 e. The fraction of sp³-hybridized carbons (Fsp3) is 0.176. The van der Waals surface area contributed by atoms with Gasteiger partial charge >= 0.3 is 6.18 Å². The van der Waals surface area contributed by atoms with E-state index in [0.29, 0.717) is 5.56 Å². The van der Waals surface area contributed by atoms with Gasteiger partial charge in [0.15, 0.2) is 0 Å². The zero-order valence-electron chi connectivity index (χ0n) is 12.0. The van der Waals surface area contributed by atoms with Crippen molar-refractivity contribution in [2.24, 2.45) is 0 Å². The lowest BCUT2D eigenvalue weighted by Crippen LogP contribution is -2.48. The normalized spacial score (nSPS) is 12.5. The molecule has 0 saturated carbocycles. The highest BCUT2D eigenvalue weighted by Gasteiger charge is 2.43. The molecule has 0 aliphatic rings. The molecule has 0 saturated heterocycles. The summed E-state index contributed by atoms with van der Waals surface area (Å²) in [6, 6.07) is 14.4. The monoisotopic (exact) mass is 321 g/mol. The Kier molecular flexibility index (Phi) is 5.16. The maximum absolute atomic E-state index is 12.8. The van der Waals surface area contributed by atoms with E-state index in [0.717, 1.165) is 0 Å². The number of benzene rings is 2. The van der Waals surface area contributed by atoms with E-state index in [2.05, 4.69) is 5.32 Å². The van der Waals surface area contributed by atoms with Crippen LogP contribution in [0.5, 0.6) is 0 Å². The van der Waals surface area contributed by atoms with Crippen LogP contribution in [0.15, 0.2) is 60.7 Å². The van der Waals surface area contributed by atoms with E-state index in [4.69, 9.17) is 0 Å². The van der Waals surface area contributed by atoms with E-state index in [-0.39, 0.29) is 12.0 Å². The molecular weight excluding hydrogens is 307 g/mol. The van der Waals surface area contributed by atoms with Crippen molar-refractivity contribution in [2.45, 2.75) is 18.6 Å². The molecule has 3 nitrogen and oxygen atoms in total. The Morgan fingerprint density at radius 2 is 1.43 bits per heavy atom. The Morgan fingerprint density at radius 1 is 0.913 bits per heavy atom. The van der Waals surface area contributed by atoms with E-state index in [1.807, 2.05) is 0 Å². The second-order valence-corrected chi connectivity index (χ2v) is 4.94. The fourth-order valence-electron chi connectivity index (χ4n) is 2.09. The molecule has 0 aliphatic carbocycles. The van der Waals surface area contributed by atoms with Crippen LogP contribution in [0.25, 0.3) is 0 Å². The predicted octanol–water partition coefficient (Wildman–Crippen LogP) is 3.16. The fourth-order valence-corrected chi connectivity index (χ4v) is 2.09. The summed E-state index contributed by atoms with van der Waals surface area (Å²) in [5.74, 6) is -2.69. The third-order valence-corrected chi connectivity index (χ3v) is 3.22. The number of Topliss-reactive ketones (excluding diaryl/α,β-unsaturated/α-hetero) is 1. The summed E-state index contributed by atoms with van der Waals surface area (Å²) >= 11 is 0. The quantitative estimate of drug-likeness (QED) is 0.919. The molecule has 0 fully saturated rings. The number of rotatable bonds is 5. The maximum atomic E-state index is 12.8. The van der Waals surface area contributed by atoms with Gasteiger partial charge in [0.05, 0.1) is 0 Å². The molecule has 0 radical (unpaired) electrons. The van der Waals surface area contributed by atoms with E-state index < -0.39 is 23.9 Å². The van der Waals surface area contributed by atoms with E-state index in [1.54, 1.807) is 48.5 Å². The van der Waals surface area contributed by atoms with Crippen LogP contribution in [0.1, 0.15) is 15.9 Å². The molecule has 0 bridgehead atoms. The molecule has 1 atom stereocenters. The molecule has 2 rings (SSSR count). The SMILES string of the molecule is O=C(N[C@@H](Cc1ccccc1)C(=O)C(F)(F)F)c1ccccc1. The zero-order valence-corrected chi connectivity index (χ0v) is 12.0. The number of halogens is 3. The van der Waals surface area contributed by atoms with Gasteiger partial charge in [-0.15, -0.1) is 0 Å². The van der Waals surface area contributed by atoms with Crippen LogP contribution < -0.4 is 5.32 Å². The predicted molar refractivity (Wildman–Crippen MR) is 78.9 cm³/mol. The minimum Gasteiger partial charge on any atom is -0.342 e. The number of carbonyl (C=O) groups is 2. The van der Waals surface area contributed by atoms with E-state index in [1.165, 1.54) is 12.1 Å². The van der Waals surface area contributed by atoms with Gasteiger partial charge in [0.1, 0.15) is 6.04 Å². The highest BCUT2D eigenvalue weighted by Crippen LogP contribution is 2.20. The first-order valence-electron chi connectivity index (χ1n) is 6.89. The summed E-state index contributed by atoms with van der Waals surface area (Å²) in [6.45, 7) is 0. The van der Waals surface area contributed by atoms with Crippen LogP contribution in [0, 0.1) is 0 Å². The molecule has 0 aromatic heterocycles. The average Bonchev–Trinajstić information content (AvgIpc) is 2.54. The van der Waals surface area contributed by atoms with Gasteiger partial charge in [-0.2, -0.15) is 13.2 Å². The topological polar surface area (TPSA) is 46.2 Å². The average molecular weight is 321 g/mol. The van der Waals surface area contributed by atoms with E-state index in [9.17, 15) is 22.8 Å². The van der Waals surface area contributed by atoms with Crippen molar-refractivity contribution in [1.29, 1.82) is 0 Å². The molecule has 0 spiro atoms. The van der Waals surface area contributed by atoms with Crippen molar-refractivity contribution in [3.05, 3.63) is 71.8 Å². The second-order valence-electron chi connectivity index (χ2n) is 4.94. The van der Waals surface area contributed by atoms with Gasteiger partial charge in [-0.05, 0) is 17.7 Å². The molecule has 0 aliphatic heterocycles. The number of nitrogens with one attached hydrogen (secondary N) is 1. The first kappa shape index (κ1) is 16.7. The molecule has 2 aromatic carbocycles. The summed E-state index contributed by atoms with van der Waals surface area (Å²) < 4.78 is 38.3. The maximum Gasteiger partial charge on any atom is 0.452 e. The lowest BCUT2D eigenvalue weighted by molar-refractivity contribution is -0.173. The first-order chi connectivity index (χ1) is 10.9. The summed E-state index contributed by atoms with van der Waals surface area (Å²) in [5.41, 5.74) is 0.726. The minimum absolute atomic E-state index is 0.195. The van der Waals surface area contributed by atoms with E-state index >= 15 is 0 Å². The second kappa shape index (κ2) is 7.09. The first-order valence-corrected chi connectivity index (χ1v) is 6.89. The lowest BCUT2D eigenvalue weighted by Gasteiger charge is -2.19. The van der Waals surface area contributed by atoms with Crippen LogP contribution in [-0.2, 0) is 11.2 Å². The standard InChI is InChI=1S/C17H14F3NO2/c18-17(19,20)15(22)14(11-12-7-3-1-4-8-12)21-16(23)13-9-5-2-6-10-13/h1-10,14H,11H2,(H,21,23)/t14-/m0/s1. The van der Waals surface area contributed by atoms with Crippen LogP contribution in [0.3, 0.4) is 0 Å². The Bertz CT molecular complexity index is 669. The van der Waals surface area contributed by atoms with Gasteiger partial charge in [-0.1, -0.05) is 48.5 Å². The molecule has 6 heteroatoms. The van der Waals surface area contributed by atoms with Gasteiger partial charge in [-0.25, -0.2) is 0 Å². The van der Waals surface area contributed by atoms with Crippen LogP contribution in [-0.4, -0.2) is 23.9 Å². The summed E-state index contributed by atoms with van der Waals surface area (Å²) in [5, 5.41) is 2.18. The van der Waals surface area contributed by atoms with Crippen molar-refractivity contribution < 1.29 is 22.8 Å². The molecule has 1 amide bonds. The Morgan fingerprint density at radius 3 is 1.96 bits per heavy atom. The minimum atomic E-state index is -5.01. The Hall–Kier alpha value is -2.63. The molecular formula is C17H14F3NO2. The summed E-state index contributed by atoms with van der Waals surface area (Å²) in [7, 11) is 0. The van der Waals surface area contributed by atoms with Gasteiger partial charge in [-0.3, -0.25) is 9.59 Å². The van der Waals surface area contributed by atoms with Crippen LogP contribution >= 0.6 is 0 Å². The number of alkyl halides is 3. The van der Waals surface area contributed by atoms with Crippen molar-refractivity contribution in [3.8, 4) is 0 Å². The summed E-state index contributed by atoms with van der Waals surface area (Å²) in [6.07, 6.45) is -5.23. The molecule has 0 heterocycles. The van der Waals surface area contributed by atoms with Crippen LogP contribution in [0.4, 0.5) is 13.2 Å². The number of hydrogen-bond donors (Lipinski definition) is 1. The van der Waals surface area contributed by atoms with Crippen molar-refractivity contribution in [3.63, 3.8) is 0 Å². The van der Waals surface area contributed by atoms with Gasteiger partial charge < -0.3 is 5.32 Å². The molecule has 23 heavy (non-hydrogen) atoms. The Balaban J connectivity index is 2.20. The molecule has 0 unspecified atom stereocenters. The van der Waals surface area contributed by atoms with Gasteiger partial charge in [0.2, 0.25) is 0 Å². The van der Waals surface area contributed by atoms with Crippen molar-refractivity contribution in [2.75, 3.05) is 0 Å². The largest absolute Gasteiger partial charge is 0.452 e. The molecule has 120 valence electrons. The van der Waals surface area contributed by atoms with Gasteiger partial charge in [0.25, 0.3) is 11.7 Å². The highest BCUT2D eigenvalue weighted by atomic mass is 19.4. The third kappa shape index (κ3) is 4.67. The third-order valence-electron chi connectivity index (χ3n) is 3.22. The van der Waals surface area contributed by atoms with Crippen molar-refractivity contribution in [1.82, 2.24) is 5.32 Å². The van der Waals surface area contributed by atoms with Gasteiger partial charge in [0, 0.05) is 12.0 Å². The zero-order chi connectivity index (χ0) is 16.9. The number of amides is 1. The molecule has 1 N–H and O–H groups in total. The lowest BCUT2D eigenvalue weighted by atomic mass is 10.0. The highest BCUT2D eigenvalue weighted by molar-refractivity contribution is 5.99. The number of carbonyl (C=O) groups excluding carboxylic acids is 2. The number of ketones is 1. The van der Waals surface area contributed by atoms with Crippen LogP contribution in [0.2, 0.25) is 0 Å². The Labute approximate surface area is 131 Å². The summed E-state index contributed by atoms with van der Waals surface area (Å²) in [4.78, 5) is 23.6.